The van der Waals surface area contributed by atoms with E-state index < -0.39 is 10.0 Å². The zero-order valence-electron chi connectivity index (χ0n) is 15.2. The highest BCUT2D eigenvalue weighted by Crippen LogP contribution is 2.17. The first-order valence-electron chi connectivity index (χ1n) is 8.21. The van der Waals surface area contributed by atoms with E-state index in [9.17, 15) is 13.2 Å². The Kier molecular flexibility index (Phi) is 7.38. The lowest BCUT2D eigenvalue weighted by Crippen LogP contribution is -2.35. The molecule has 7 heteroatoms. The van der Waals surface area contributed by atoms with E-state index in [0.717, 1.165) is 5.56 Å². The van der Waals surface area contributed by atoms with E-state index in [2.05, 4.69) is 4.72 Å². The smallest absolute Gasteiger partial charge is 0.253 e. The monoisotopic (exact) mass is 355 g/mol. The van der Waals surface area contributed by atoms with Gasteiger partial charge < -0.3 is 10.6 Å². The molecule has 1 aromatic carbocycles. The van der Waals surface area contributed by atoms with Crippen molar-refractivity contribution in [3.8, 4) is 0 Å². The largest absolute Gasteiger partial charge is 0.342 e. The first-order chi connectivity index (χ1) is 11.1. The third kappa shape index (κ3) is 5.29. The molecule has 0 aliphatic rings. The molecule has 6 nitrogen and oxygen atoms in total. The van der Waals surface area contributed by atoms with Gasteiger partial charge in [-0.2, -0.15) is 0 Å². The van der Waals surface area contributed by atoms with Gasteiger partial charge in [0.2, 0.25) is 10.0 Å². The molecular weight excluding hydrogens is 326 g/mol. The van der Waals surface area contributed by atoms with Crippen LogP contribution in [0.2, 0.25) is 0 Å². The SMILES string of the molecule is CCNS(=O)(=O)c1ccc(C)c(C(=O)N(C)CCC(N)C(C)C)c1. The van der Waals surface area contributed by atoms with E-state index in [0.29, 0.717) is 31.0 Å². The van der Waals surface area contributed by atoms with Crippen molar-refractivity contribution < 1.29 is 13.2 Å². The Morgan fingerprint density at radius 1 is 1.33 bits per heavy atom. The quantitative estimate of drug-likeness (QED) is 0.743. The minimum Gasteiger partial charge on any atom is -0.342 e. The maximum atomic E-state index is 12.7. The summed E-state index contributed by atoms with van der Waals surface area (Å²) in [5, 5.41) is 0. The molecule has 1 rings (SSSR count). The number of nitrogens with zero attached hydrogens (tertiary/aromatic N) is 1. The molecule has 0 saturated carbocycles. The standard InChI is InChI=1S/C17H29N3O3S/c1-6-19-24(22,23)14-8-7-13(4)15(11-14)17(21)20(5)10-9-16(18)12(2)3/h7-8,11-12,16,19H,6,9-10,18H2,1-5H3. The highest BCUT2D eigenvalue weighted by molar-refractivity contribution is 7.89. The molecule has 1 aromatic rings. The number of aryl methyl sites for hydroxylation is 1. The average molecular weight is 356 g/mol. The highest BCUT2D eigenvalue weighted by Gasteiger charge is 2.20. The van der Waals surface area contributed by atoms with E-state index in [1.54, 1.807) is 31.9 Å². The van der Waals surface area contributed by atoms with Gasteiger partial charge in [0.25, 0.3) is 5.91 Å². The molecule has 136 valence electrons. The summed E-state index contributed by atoms with van der Waals surface area (Å²) in [4.78, 5) is 14.3. The van der Waals surface area contributed by atoms with E-state index in [4.69, 9.17) is 5.73 Å². The second kappa shape index (κ2) is 8.60. The maximum absolute atomic E-state index is 12.7. The van der Waals surface area contributed by atoms with Crippen LogP contribution in [-0.2, 0) is 10.0 Å². The van der Waals surface area contributed by atoms with Crippen LogP contribution in [0, 0.1) is 12.8 Å². The van der Waals surface area contributed by atoms with Crippen LogP contribution in [0.15, 0.2) is 23.1 Å². The zero-order valence-corrected chi connectivity index (χ0v) is 16.0. The van der Waals surface area contributed by atoms with Gasteiger partial charge >= 0.3 is 0 Å². The highest BCUT2D eigenvalue weighted by atomic mass is 32.2. The predicted octanol–water partition coefficient (Wildman–Crippen LogP) is 1.74. The van der Waals surface area contributed by atoms with Crippen LogP contribution in [0.5, 0.6) is 0 Å². The van der Waals surface area contributed by atoms with Crippen LogP contribution in [0.25, 0.3) is 0 Å². The number of carbonyl (C=O) groups is 1. The summed E-state index contributed by atoms with van der Waals surface area (Å²) < 4.78 is 26.7. The molecule has 0 fully saturated rings. The van der Waals surface area contributed by atoms with Gasteiger partial charge in [-0.1, -0.05) is 26.8 Å². The summed E-state index contributed by atoms with van der Waals surface area (Å²) in [5.74, 6) is 0.154. The molecule has 0 aromatic heterocycles. The molecule has 0 heterocycles. The number of hydrogen-bond donors (Lipinski definition) is 2. The summed E-state index contributed by atoms with van der Waals surface area (Å²) in [6.45, 7) is 8.43. The Hall–Kier alpha value is -1.44. The third-order valence-electron chi connectivity index (χ3n) is 4.08. The summed E-state index contributed by atoms with van der Waals surface area (Å²) >= 11 is 0. The number of rotatable bonds is 8. The van der Waals surface area contributed by atoms with Crippen molar-refractivity contribution in [1.82, 2.24) is 9.62 Å². The lowest BCUT2D eigenvalue weighted by molar-refractivity contribution is 0.0788. The van der Waals surface area contributed by atoms with E-state index in [1.165, 1.54) is 12.1 Å². The molecule has 0 aliphatic heterocycles. The van der Waals surface area contributed by atoms with E-state index in [-0.39, 0.29) is 16.8 Å². The Balaban J connectivity index is 2.98. The van der Waals surface area contributed by atoms with E-state index >= 15 is 0 Å². The lowest BCUT2D eigenvalue weighted by atomic mass is 10.0. The maximum Gasteiger partial charge on any atom is 0.253 e. The first-order valence-corrected chi connectivity index (χ1v) is 9.69. The number of hydrogen-bond acceptors (Lipinski definition) is 4. The van der Waals surface area contributed by atoms with Crippen molar-refractivity contribution in [1.29, 1.82) is 0 Å². The zero-order chi connectivity index (χ0) is 18.5. The van der Waals surface area contributed by atoms with Crippen LogP contribution in [-0.4, -0.2) is 45.4 Å². The van der Waals surface area contributed by atoms with Gasteiger partial charge in [-0.15, -0.1) is 0 Å². The second-order valence-electron chi connectivity index (χ2n) is 6.40. The topological polar surface area (TPSA) is 92.5 Å². The van der Waals surface area contributed by atoms with Crippen molar-refractivity contribution in [3.05, 3.63) is 29.3 Å². The second-order valence-corrected chi connectivity index (χ2v) is 8.17. The number of amides is 1. The Morgan fingerprint density at radius 2 is 1.96 bits per heavy atom. The fraction of sp³-hybridized carbons (Fsp3) is 0.588. The molecule has 0 radical (unpaired) electrons. The Morgan fingerprint density at radius 3 is 2.50 bits per heavy atom. The summed E-state index contributed by atoms with van der Waals surface area (Å²) in [6.07, 6.45) is 0.703. The van der Waals surface area contributed by atoms with E-state index in [1.807, 2.05) is 13.8 Å². The van der Waals surface area contributed by atoms with Crippen LogP contribution >= 0.6 is 0 Å². The molecule has 1 amide bonds. The molecule has 0 spiro atoms. The number of sulfonamides is 1. The van der Waals surface area contributed by atoms with Gasteiger partial charge in [-0.05, 0) is 37.0 Å². The molecule has 1 unspecified atom stereocenters. The fourth-order valence-electron chi connectivity index (χ4n) is 2.26. The molecule has 1 atom stereocenters. The molecule has 24 heavy (non-hydrogen) atoms. The predicted molar refractivity (Wildman–Crippen MR) is 96.4 cm³/mol. The molecule has 0 bridgehead atoms. The Bertz CT molecular complexity index is 672. The molecule has 0 aliphatic carbocycles. The van der Waals surface area contributed by atoms with Gasteiger partial charge in [0, 0.05) is 31.7 Å². The van der Waals surface area contributed by atoms with Gasteiger partial charge in [-0.25, -0.2) is 13.1 Å². The van der Waals surface area contributed by atoms with Crippen LogP contribution in [0.3, 0.4) is 0 Å². The summed E-state index contributed by atoms with van der Waals surface area (Å²) in [7, 11) is -1.88. The van der Waals surface area contributed by atoms with Crippen molar-refractivity contribution in [3.63, 3.8) is 0 Å². The van der Waals surface area contributed by atoms with Crippen molar-refractivity contribution in [2.24, 2.45) is 11.7 Å². The van der Waals surface area contributed by atoms with Crippen molar-refractivity contribution >= 4 is 15.9 Å². The normalized spacial score (nSPS) is 13.1. The molecule has 3 N–H and O–H groups in total. The first kappa shape index (κ1) is 20.6. The van der Waals surface area contributed by atoms with Crippen LogP contribution in [0.1, 0.15) is 43.1 Å². The van der Waals surface area contributed by atoms with Gasteiger partial charge in [-0.3, -0.25) is 4.79 Å². The van der Waals surface area contributed by atoms with Crippen molar-refractivity contribution in [2.75, 3.05) is 20.1 Å². The number of nitrogens with one attached hydrogen (secondary N) is 1. The van der Waals surface area contributed by atoms with Gasteiger partial charge in [0.15, 0.2) is 0 Å². The number of benzene rings is 1. The minimum absolute atomic E-state index is 0.0295. The fourth-order valence-corrected chi connectivity index (χ4v) is 3.32. The number of carbonyl (C=O) groups excluding carboxylic acids is 1. The average Bonchev–Trinajstić information content (AvgIpc) is 2.51. The van der Waals surface area contributed by atoms with Gasteiger partial charge in [0.05, 0.1) is 4.90 Å². The van der Waals surface area contributed by atoms with Crippen LogP contribution in [0.4, 0.5) is 0 Å². The minimum atomic E-state index is -3.59. The lowest BCUT2D eigenvalue weighted by Gasteiger charge is -2.22. The summed E-state index contributed by atoms with van der Waals surface area (Å²) in [6, 6.07) is 4.64. The van der Waals surface area contributed by atoms with Crippen molar-refractivity contribution in [2.45, 2.75) is 45.1 Å². The summed E-state index contributed by atoms with van der Waals surface area (Å²) in [5.41, 5.74) is 7.17. The molecular formula is C17H29N3O3S. The third-order valence-corrected chi connectivity index (χ3v) is 5.63. The number of nitrogens with two attached hydrogens (primary N) is 1. The Labute approximate surface area is 145 Å². The van der Waals surface area contributed by atoms with Gasteiger partial charge in [0.1, 0.15) is 0 Å². The van der Waals surface area contributed by atoms with Crippen LogP contribution < -0.4 is 10.5 Å². The molecule has 0 saturated heterocycles.